The summed E-state index contributed by atoms with van der Waals surface area (Å²) in [5.41, 5.74) is 7.16. The third kappa shape index (κ3) is 5.64. The summed E-state index contributed by atoms with van der Waals surface area (Å²) in [5, 5.41) is 0. The first-order valence-corrected chi connectivity index (χ1v) is 7.74. The minimum Gasteiger partial charge on any atom is -0.328 e. The number of alkyl halides is 3. The number of aromatic nitrogens is 1. The van der Waals surface area contributed by atoms with Gasteiger partial charge in [-0.25, -0.2) is 0 Å². The number of likely N-dealkylation sites (tertiary alicyclic amines) is 1. The first-order chi connectivity index (χ1) is 10.9. The minimum absolute atomic E-state index is 0. The molecule has 0 unspecified atom stereocenters. The fraction of sp³-hybridized carbons (Fsp3) is 0.412. The molecule has 1 fully saturated rings. The summed E-state index contributed by atoms with van der Waals surface area (Å²) >= 11 is 0. The zero-order chi connectivity index (χ0) is 16.4. The first-order valence-electron chi connectivity index (χ1n) is 7.74. The van der Waals surface area contributed by atoms with E-state index < -0.39 is 11.7 Å². The molecule has 2 aromatic rings. The van der Waals surface area contributed by atoms with Gasteiger partial charge in [-0.15, -0.1) is 24.8 Å². The Morgan fingerprint density at radius 1 is 1.00 bits per heavy atom. The molecule has 0 saturated carbocycles. The molecule has 1 aromatic heterocycles. The summed E-state index contributed by atoms with van der Waals surface area (Å²) < 4.78 is 39.6. The molecule has 0 amide bonds. The van der Waals surface area contributed by atoms with Gasteiger partial charge in [0, 0.05) is 30.7 Å². The smallest absolute Gasteiger partial charge is 0.328 e. The van der Waals surface area contributed by atoms with Crippen LogP contribution in [-0.4, -0.2) is 28.6 Å². The van der Waals surface area contributed by atoms with Crippen molar-refractivity contribution in [3.05, 3.63) is 53.9 Å². The number of hydrogen-bond acceptors (Lipinski definition) is 2. The molecule has 1 saturated heterocycles. The first kappa shape index (κ1) is 21.8. The predicted octanol–water partition coefficient (Wildman–Crippen LogP) is 4.26. The Labute approximate surface area is 157 Å². The fourth-order valence-electron chi connectivity index (χ4n) is 2.89. The van der Waals surface area contributed by atoms with Crippen LogP contribution in [0.2, 0.25) is 0 Å². The van der Waals surface area contributed by atoms with Crippen LogP contribution in [0.15, 0.2) is 42.7 Å². The van der Waals surface area contributed by atoms with Gasteiger partial charge in [-0.3, -0.25) is 4.90 Å². The van der Waals surface area contributed by atoms with Crippen LogP contribution in [0.25, 0.3) is 5.69 Å². The molecule has 3 rings (SSSR count). The molecular formula is C17H22Cl2F3N3. The molecule has 0 atom stereocenters. The highest BCUT2D eigenvalue weighted by Crippen LogP contribution is 2.29. The number of halogens is 5. The summed E-state index contributed by atoms with van der Waals surface area (Å²) in [6.07, 6.45) is 1.58. The molecule has 8 heteroatoms. The zero-order valence-electron chi connectivity index (χ0n) is 13.6. The van der Waals surface area contributed by atoms with Gasteiger partial charge in [-0.05, 0) is 61.8 Å². The van der Waals surface area contributed by atoms with E-state index in [0.717, 1.165) is 55.9 Å². The zero-order valence-corrected chi connectivity index (χ0v) is 15.2. The third-order valence-electron chi connectivity index (χ3n) is 4.29. The summed E-state index contributed by atoms with van der Waals surface area (Å²) in [7, 11) is 0. The van der Waals surface area contributed by atoms with E-state index in [9.17, 15) is 13.2 Å². The fourth-order valence-corrected chi connectivity index (χ4v) is 2.89. The quantitative estimate of drug-likeness (QED) is 0.841. The maximum absolute atomic E-state index is 12.6. The predicted molar refractivity (Wildman–Crippen MR) is 97.8 cm³/mol. The molecule has 2 N–H and O–H groups in total. The minimum atomic E-state index is -4.30. The van der Waals surface area contributed by atoms with Crippen molar-refractivity contribution in [1.82, 2.24) is 9.47 Å². The molecule has 1 aliphatic rings. The van der Waals surface area contributed by atoms with E-state index in [1.54, 1.807) is 0 Å². The Morgan fingerprint density at radius 2 is 1.60 bits per heavy atom. The van der Waals surface area contributed by atoms with E-state index in [1.165, 1.54) is 12.1 Å². The van der Waals surface area contributed by atoms with Crippen LogP contribution in [0, 0.1) is 0 Å². The monoisotopic (exact) mass is 395 g/mol. The number of nitrogens with zero attached hydrogens (tertiary/aromatic N) is 2. The molecule has 2 heterocycles. The number of nitrogens with two attached hydrogens (primary N) is 1. The maximum Gasteiger partial charge on any atom is 0.416 e. The van der Waals surface area contributed by atoms with Crippen LogP contribution in [0.1, 0.15) is 24.0 Å². The molecule has 3 nitrogen and oxygen atoms in total. The highest BCUT2D eigenvalue weighted by Gasteiger charge is 2.30. The third-order valence-corrected chi connectivity index (χ3v) is 4.29. The normalized spacial score (nSPS) is 16.2. The van der Waals surface area contributed by atoms with E-state index in [1.807, 2.05) is 23.0 Å². The molecular weight excluding hydrogens is 374 g/mol. The second kappa shape index (κ2) is 8.94. The molecule has 140 valence electrons. The lowest BCUT2D eigenvalue weighted by atomic mass is 10.1. The van der Waals surface area contributed by atoms with Crippen molar-refractivity contribution in [1.29, 1.82) is 0 Å². The molecule has 1 aliphatic heterocycles. The molecule has 25 heavy (non-hydrogen) atoms. The SMILES string of the molecule is Cl.Cl.NC1CCN(Cc2ccn(-c3ccc(C(F)(F)F)cc3)c2)CC1. The lowest BCUT2D eigenvalue weighted by Crippen LogP contribution is -2.39. The van der Waals surface area contributed by atoms with Gasteiger partial charge in [0.25, 0.3) is 0 Å². The molecule has 0 bridgehead atoms. The number of benzene rings is 1. The Bertz CT molecular complexity index is 648. The van der Waals surface area contributed by atoms with Crippen LogP contribution in [0.3, 0.4) is 0 Å². The standard InChI is InChI=1S/C17H20F3N3.2ClH/c18-17(19,20)14-1-3-16(4-2-14)23-10-5-13(12-23)11-22-8-6-15(21)7-9-22;;/h1-5,10,12,15H,6-9,11,21H2;2*1H. The van der Waals surface area contributed by atoms with Gasteiger partial charge in [-0.2, -0.15) is 13.2 Å². The Balaban J connectivity index is 0.00000156. The topological polar surface area (TPSA) is 34.2 Å². The van der Waals surface area contributed by atoms with Crippen molar-refractivity contribution in [3.63, 3.8) is 0 Å². The van der Waals surface area contributed by atoms with E-state index in [2.05, 4.69) is 4.90 Å². The van der Waals surface area contributed by atoms with Crippen molar-refractivity contribution in [2.24, 2.45) is 5.73 Å². The van der Waals surface area contributed by atoms with E-state index in [4.69, 9.17) is 5.73 Å². The lowest BCUT2D eigenvalue weighted by Gasteiger charge is -2.29. The van der Waals surface area contributed by atoms with Crippen molar-refractivity contribution in [3.8, 4) is 5.69 Å². The summed E-state index contributed by atoms with van der Waals surface area (Å²) in [5.74, 6) is 0. The maximum atomic E-state index is 12.6. The number of piperidine rings is 1. The van der Waals surface area contributed by atoms with Gasteiger partial charge in [0.2, 0.25) is 0 Å². The van der Waals surface area contributed by atoms with Crippen molar-refractivity contribution in [2.75, 3.05) is 13.1 Å². The second-order valence-corrected chi connectivity index (χ2v) is 6.09. The Kier molecular flexibility index (Phi) is 7.81. The van der Waals surface area contributed by atoms with Gasteiger partial charge in [0.05, 0.1) is 5.56 Å². The van der Waals surface area contributed by atoms with Crippen LogP contribution in [-0.2, 0) is 12.7 Å². The van der Waals surface area contributed by atoms with Gasteiger partial charge >= 0.3 is 6.18 Å². The van der Waals surface area contributed by atoms with Crippen LogP contribution in [0.5, 0.6) is 0 Å². The van der Waals surface area contributed by atoms with Crippen molar-refractivity contribution < 1.29 is 13.2 Å². The summed E-state index contributed by atoms with van der Waals surface area (Å²) in [6, 6.07) is 7.52. The second-order valence-electron chi connectivity index (χ2n) is 6.09. The summed E-state index contributed by atoms with van der Waals surface area (Å²) in [4.78, 5) is 2.36. The van der Waals surface area contributed by atoms with Crippen LogP contribution < -0.4 is 5.73 Å². The van der Waals surface area contributed by atoms with E-state index in [0.29, 0.717) is 6.04 Å². The van der Waals surface area contributed by atoms with Crippen molar-refractivity contribution >= 4 is 24.8 Å². The number of hydrogen-bond donors (Lipinski definition) is 1. The Hall–Kier alpha value is -1.21. The lowest BCUT2D eigenvalue weighted by molar-refractivity contribution is -0.137. The highest BCUT2D eigenvalue weighted by atomic mass is 35.5. The molecule has 0 radical (unpaired) electrons. The average molecular weight is 396 g/mol. The largest absolute Gasteiger partial charge is 0.416 e. The van der Waals surface area contributed by atoms with Gasteiger partial charge < -0.3 is 10.3 Å². The highest BCUT2D eigenvalue weighted by molar-refractivity contribution is 5.85. The molecule has 0 aliphatic carbocycles. The summed E-state index contributed by atoms with van der Waals surface area (Å²) in [6.45, 7) is 2.83. The molecule has 0 spiro atoms. The average Bonchev–Trinajstić information content (AvgIpc) is 2.97. The van der Waals surface area contributed by atoms with Crippen molar-refractivity contribution in [2.45, 2.75) is 31.6 Å². The van der Waals surface area contributed by atoms with Crippen LogP contribution in [0.4, 0.5) is 13.2 Å². The van der Waals surface area contributed by atoms with Gasteiger partial charge in [0.1, 0.15) is 0 Å². The Morgan fingerprint density at radius 3 is 2.16 bits per heavy atom. The molecule has 1 aromatic carbocycles. The van der Waals surface area contributed by atoms with E-state index in [-0.39, 0.29) is 24.8 Å². The number of rotatable bonds is 3. The van der Waals surface area contributed by atoms with Gasteiger partial charge in [0.15, 0.2) is 0 Å². The van der Waals surface area contributed by atoms with E-state index >= 15 is 0 Å². The van der Waals surface area contributed by atoms with Gasteiger partial charge in [-0.1, -0.05) is 0 Å². The van der Waals surface area contributed by atoms with Crippen LogP contribution >= 0.6 is 24.8 Å².